The Bertz CT molecular complexity index is 897. The average molecular weight is 392 g/mol. The smallest absolute Gasteiger partial charge is 0.262 e. The van der Waals surface area contributed by atoms with Gasteiger partial charge in [0, 0.05) is 25.8 Å². The lowest BCUT2D eigenvalue weighted by molar-refractivity contribution is 0.0948. The fourth-order valence-corrected chi connectivity index (χ4v) is 3.82. The van der Waals surface area contributed by atoms with Gasteiger partial charge in [-0.05, 0) is 43.2 Å². The van der Waals surface area contributed by atoms with Crippen molar-refractivity contribution in [3.63, 3.8) is 0 Å². The summed E-state index contributed by atoms with van der Waals surface area (Å²) in [6.07, 6.45) is 0.675. The number of rotatable bonds is 9. The Kier molecular flexibility index (Phi) is 7.20. The second kappa shape index (κ2) is 9.38. The number of anilines is 1. The van der Waals surface area contributed by atoms with E-state index in [1.165, 1.54) is 13.2 Å². The van der Waals surface area contributed by atoms with Crippen LogP contribution in [-0.4, -0.2) is 41.7 Å². The zero-order valence-corrected chi connectivity index (χ0v) is 16.4. The highest BCUT2D eigenvalue weighted by Crippen LogP contribution is 2.27. The first-order valence-corrected chi connectivity index (χ1v) is 9.91. The van der Waals surface area contributed by atoms with E-state index in [9.17, 15) is 13.2 Å². The fraction of sp³-hybridized carbons (Fsp3) is 0.316. The molecule has 0 radical (unpaired) electrons. The quantitative estimate of drug-likeness (QED) is 0.640. The van der Waals surface area contributed by atoms with Gasteiger partial charge in [-0.1, -0.05) is 18.2 Å². The maximum Gasteiger partial charge on any atom is 0.262 e. The van der Waals surface area contributed by atoms with Crippen molar-refractivity contribution in [3.05, 3.63) is 53.6 Å². The van der Waals surface area contributed by atoms with Crippen molar-refractivity contribution in [2.45, 2.75) is 18.2 Å². The van der Waals surface area contributed by atoms with Gasteiger partial charge in [0.05, 0.1) is 17.7 Å². The number of para-hydroxylation sites is 2. The van der Waals surface area contributed by atoms with E-state index in [0.29, 0.717) is 36.6 Å². The zero-order chi connectivity index (χ0) is 19.9. The molecule has 7 nitrogen and oxygen atoms in total. The minimum Gasteiger partial charge on any atom is -0.495 e. The molecule has 2 rings (SSSR count). The standard InChI is InChI=1S/C19H24N2O5S/c1-14-9-10-15(19(22)20-11-6-12-25-2)13-18(14)27(23,24)21-16-7-4-5-8-17(16)26-3/h4-5,7-10,13,21H,6,11-12H2,1-3H3,(H,20,22). The largest absolute Gasteiger partial charge is 0.495 e. The van der Waals surface area contributed by atoms with Gasteiger partial charge < -0.3 is 14.8 Å². The van der Waals surface area contributed by atoms with Gasteiger partial charge >= 0.3 is 0 Å². The number of sulfonamides is 1. The van der Waals surface area contributed by atoms with Gasteiger partial charge in [0.25, 0.3) is 15.9 Å². The lowest BCUT2D eigenvalue weighted by Crippen LogP contribution is -2.25. The number of methoxy groups -OCH3 is 2. The van der Waals surface area contributed by atoms with Crippen LogP contribution in [0.5, 0.6) is 5.75 Å². The number of benzene rings is 2. The fourth-order valence-electron chi connectivity index (χ4n) is 2.48. The predicted octanol–water partition coefficient (Wildman–Crippen LogP) is 2.57. The molecule has 0 heterocycles. The Morgan fingerprint density at radius 2 is 1.85 bits per heavy atom. The molecular formula is C19H24N2O5S. The molecule has 0 fully saturated rings. The van der Waals surface area contributed by atoms with Crippen molar-refractivity contribution < 1.29 is 22.7 Å². The molecule has 0 spiro atoms. The first-order valence-electron chi connectivity index (χ1n) is 8.42. The maximum atomic E-state index is 12.8. The molecule has 2 aromatic carbocycles. The zero-order valence-electron chi connectivity index (χ0n) is 15.6. The van der Waals surface area contributed by atoms with E-state index in [4.69, 9.17) is 9.47 Å². The van der Waals surface area contributed by atoms with Crippen molar-refractivity contribution in [2.24, 2.45) is 0 Å². The van der Waals surface area contributed by atoms with E-state index in [0.717, 1.165) is 0 Å². The highest BCUT2D eigenvalue weighted by atomic mass is 32.2. The van der Waals surface area contributed by atoms with Crippen LogP contribution >= 0.6 is 0 Å². The van der Waals surface area contributed by atoms with Crippen molar-refractivity contribution >= 4 is 21.6 Å². The Morgan fingerprint density at radius 1 is 1.11 bits per heavy atom. The van der Waals surface area contributed by atoms with Crippen LogP contribution in [0.25, 0.3) is 0 Å². The molecule has 1 amide bonds. The Morgan fingerprint density at radius 3 is 2.56 bits per heavy atom. The van der Waals surface area contributed by atoms with E-state index < -0.39 is 10.0 Å². The van der Waals surface area contributed by atoms with Crippen molar-refractivity contribution in [3.8, 4) is 5.75 Å². The monoisotopic (exact) mass is 392 g/mol. The maximum absolute atomic E-state index is 12.8. The number of carbonyl (C=O) groups excluding carboxylic acids is 1. The van der Waals surface area contributed by atoms with E-state index in [-0.39, 0.29) is 16.4 Å². The lowest BCUT2D eigenvalue weighted by atomic mass is 10.1. The molecule has 146 valence electrons. The number of nitrogens with one attached hydrogen (secondary N) is 2. The molecule has 2 N–H and O–H groups in total. The molecule has 0 bridgehead atoms. The topological polar surface area (TPSA) is 93.7 Å². The summed E-state index contributed by atoms with van der Waals surface area (Å²) in [5.41, 5.74) is 1.14. The summed E-state index contributed by atoms with van der Waals surface area (Å²) in [5.74, 6) is 0.0746. The molecule has 2 aromatic rings. The summed E-state index contributed by atoms with van der Waals surface area (Å²) in [7, 11) is -0.836. The lowest BCUT2D eigenvalue weighted by Gasteiger charge is -2.14. The van der Waals surface area contributed by atoms with Gasteiger partial charge in [-0.3, -0.25) is 9.52 Å². The summed E-state index contributed by atoms with van der Waals surface area (Å²) in [5, 5.41) is 2.75. The van der Waals surface area contributed by atoms with Crippen LogP contribution in [0.2, 0.25) is 0 Å². The van der Waals surface area contributed by atoms with Crippen LogP contribution in [0.3, 0.4) is 0 Å². The molecule has 0 saturated carbocycles. The van der Waals surface area contributed by atoms with Crippen molar-refractivity contribution in [1.82, 2.24) is 5.32 Å². The van der Waals surface area contributed by atoms with E-state index in [2.05, 4.69) is 10.0 Å². The molecule has 27 heavy (non-hydrogen) atoms. The van der Waals surface area contributed by atoms with Crippen LogP contribution in [-0.2, 0) is 14.8 Å². The SMILES string of the molecule is COCCCNC(=O)c1ccc(C)c(S(=O)(=O)Nc2ccccc2OC)c1. The molecule has 0 atom stereocenters. The minimum absolute atomic E-state index is 0.0398. The van der Waals surface area contributed by atoms with Crippen LogP contribution in [0.15, 0.2) is 47.4 Å². The molecule has 0 saturated heterocycles. The van der Waals surface area contributed by atoms with Gasteiger partial charge in [0.2, 0.25) is 0 Å². The number of aryl methyl sites for hydroxylation is 1. The van der Waals surface area contributed by atoms with Gasteiger partial charge in [-0.15, -0.1) is 0 Å². The summed E-state index contributed by atoms with van der Waals surface area (Å²) < 4.78 is 38.3. The minimum atomic E-state index is -3.89. The van der Waals surface area contributed by atoms with Crippen molar-refractivity contribution in [2.75, 3.05) is 32.1 Å². The van der Waals surface area contributed by atoms with Crippen LogP contribution < -0.4 is 14.8 Å². The normalized spacial score (nSPS) is 11.1. The number of ether oxygens (including phenoxy) is 2. The molecule has 0 aliphatic carbocycles. The molecule has 0 aliphatic rings. The Hall–Kier alpha value is -2.58. The third-order valence-electron chi connectivity index (χ3n) is 3.90. The predicted molar refractivity (Wildman–Crippen MR) is 104 cm³/mol. The molecule has 0 aliphatic heterocycles. The summed E-state index contributed by atoms with van der Waals surface area (Å²) in [6.45, 7) is 2.66. The Labute approximate surface area is 159 Å². The summed E-state index contributed by atoms with van der Waals surface area (Å²) in [4.78, 5) is 12.3. The van der Waals surface area contributed by atoms with Crippen LogP contribution in [0.4, 0.5) is 5.69 Å². The highest BCUT2D eigenvalue weighted by Gasteiger charge is 2.20. The van der Waals surface area contributed by atoms with E-state index in [1.807, 2.05) is 0 Å². The van der Waals surface area contributed by atoms with Crippen LogP contribution in [0, 0.1) is 6.92 Å². The number of hydrogen-bond donors (Lipinski definition) is 2. The number of amides is 1. The number of carbonyl (C=O) groups is 1. The second-order valence-corrected chi connectivity index (χ2v) is 7.54. The Balaban J connectivity index is 2.24. The van der Waals surface area contributed by atoms with E-state index in [1.54, 1.807) is 50.4 Å². The van der Waals surface area contributed by atoms with Gasteiger partial charge in [-0.25, -0.2) is 8.42 Å². The third-order valence-corrected chi connectivity index (χ3v) is 5.41. The molecule has 8 heteroatoms. The third kappa shape index (κ3) is 5.45. The molecule has 0 aromatic heterocycles. The average Bonchev–Trinajstić information content (AvgIpc) is 2.65. The van der Waals surface area contributed by atoms with Crippen molar-refractivity contribution in [1.29, 1.82) is 0 Å². The summed E-state index contributed by atoms with van der Waals surface area (Å²) >= 11 is 0. The van der Waals surface area contributed by atoms with Gasteiger partial charge in [0.15, 0.2) is 0 Å². The number of hydrogen-bond acceptors (Lipinski definition) is 5. The van der Waals surface area contributed by atoms with Crippen LogP contribution in [0.1, 0.15) is 22.3 Å². The highest BCUT2D eigenvalue weighted by molar-refractivity contribution is 7.92. The van der Waals surface area contributed by atoms with Gasteiger partial charge in [0.1, 0.15) is 5.75 Å². The molecular weight excluding hydrogens is 368 g/mol. The molecule has 0 unspecified atom stereocenters. The first-order chi connectivity index (χ1) is 12.9. The van der Waals surface area contributed by atoms with E-state index >= 15 is 0 Å². The van der Waals surface area contributed by atoms with Gasteiger partial charge in [-0.2, -0.15) is 0 Å². The summed E-state index contributed by atoms with van der Waals surface area (Å²) in [6, 6.07) is 11.3. The first kappa shape index (κ1) is 20.7. The second-order valence-electron chi connectivity index (χ2n) is 5.89.